The number of alkyl halides is 3. The summed E-state index contributed by atoms with van der Waals surface area (Å²) in [5.41, 5.74) is -2.56. The van der Waals surface area contributed by atoms with Gasteiger partial charge in [0.25, 0.3) is 5.56 Å². The predicted octanol–water partition coefficient (Wildman–Crippen LogP) is 8.04. The molecule has 4 aromatic rings. The molecule has 2 aromatic heterocycles. The highest BCUT2D eigenvalue weighted by atomic mass is 19.4. The van der Waals surface area contributed by atoms with Crippen molar-refractivity contribution in [3.05, 3.63) is 122 Å². The number of aliphatic carboxylic acids is 1. The van der Waals surface area contributed by atoms with E-state index in [9.17, 15) is 37.1 Å². The highest BCUT2D eigenvalue weighted by molar-refractivity contribution is 5.83. The van der Waals surface area contributed by atoms with Gasteiger partial charge in [0.05, 0.1) is 18.0 Å². The first-order chi connectivity index (χ1) is 24.4. The molecule has 0 aliphatic carbocycles. The summed E-state index contributed by atoms with van der Waals surface area (Å²) in [4.78, 5) is 43.5. The molecule has 52 heavy (non-hydrogen) atoms. The molecule has 0 aliphatic rings. The van der Waals surface area contributed by atoms with Crippen LogP contribution in [0.4, 0.5) is 26.3 Å². The summed E-state index contributed by atoms with van der Waals surface area (Å²) in [7, 11) is 0. The molecule has 0 spiro atoms. The van der Waals surface area contributed by atoms with Gasteiger partial charge in [0.15, 0.2) is 0 Å². The van der Waals surface area contributed by atoms with Crippen molar-refractivity contribution in [2.75, 3.05) is 0 Å². The monoisotopic (exact) mass is 725 g/mol. The molecule has 4 rings (SSSR count). The number of carboxylic acids is 1. The first-order valence-electron chi connectivity index (χ1n) is 16.4. The average molecular weight is 726 g/mol. The predicted molar refractivity (Wildman–Crippen MR) is 183 cm³/mol. The largest absolute Gasteiger partial charge is 0.481 e. The second-order valence-corrected chi connectivity index (χ2v) is 12.9. The Morgan fingerprint density at radius 2 is 1.67 bits per heavy atom. The molecule has 1 amide bonds. The average Bonchev–Trinajstić information content (AvgIpc) is 3.03. The van der Waals surface area contributed by atoms with E-state index in [0.717, 1.165) is 29.0 Å². The Morgan fingerprint density at radius 3 is 2.23 bits per heavy atom. The van der Waals surface area contributed by atoms with Crippen LogP contribution in [0.15, 0.2) is 59.7 Å². The van der Waals surface area contributed by atoms with Gasteiger partial charge in [0.2, 0.25) is 5.91 Å². The number of carboxylic acid groups (broad SMARTS) is 1. The summed E-state index contributed by atoms with van der Waals surface area (Å²) in [6, 6.07) is 5.18. The van der Waals surface area contributed by atoms with Crippen LogP contribution >= 0.6 is 0 Å². The van der Waals surface area contributed by atoms with Crippen molar-refractivity contribution in [1.82, 2.24) is 14.9 Å². The fourth-order valence-corrected chi connectivity index (χ4v) is 6.30. The Bertz CT molecular complexity index is 2080. The maximum atomic E-state index is 16.7. The van der Waals surface area contributed by atoms with Crippen LogP contribution in [0, 0.1) is 49.1 Å². The second-order valence-electron chi connectivity index (χ2n) is 12.9. The smallest absolute Gasteiger partial charge is 0.416 e. The van der Waals surface area contributed by atoms with Crippen molar-refractivity contribution >= 4 is 11.9 Å². The van der Waals surface area contributed by atoms with Gasteiger partial charge in [-0.15, -0.1) is 5.92 Å². The third-order valence-corrected chi connectivity index (χ3v) is 8.48. The molecule has 7 nitrogen and oxygen atoms in total. The quantitative estimate of drug-likeness (QED) is 0.114. The van der Waals surface area contributed by atoms with Crippen molar-refractivity contribution in [3.63, 3.8) is 0 Å². The molecule has 0 aliphatic heterocycles. The van der Waals surface area contributed by atoms with E-state index in [2.05, 4.69) is 22.1 Å². The zero-order valence-corrected chi connectivity index (χ0v) is 29.1. The van der Waals surface area contributed by atoms with E-state index in [1.54, 1.807) is 32.0 Å². The Balaban J connectivity index is 1.86. The number of carbonyl (C=O) groups excluding carboxylic acids is 1. The molecule has 2 heterocycles. The molecular formula is C39H37F6N3O4. The van der Waals surface area contributed by atoms with Gasteiger partial charge >= 0.3 is 12.1 Å². The van der Waals surface area contributed by atoms with Crippen molar-refractivity contribution < 1.29 is 41.0 Å². The summed E-state index contributed by atoms with van der Waals surface area (Å²) < 4.78 is 90.0. The van der Waals surface area contributed by atoms with Gasteiger partial charge < -0.3 is 15.0 Å². The number of pyridine rings is 2. The van der Waals surface area contributed by atoms with Gasteiger partial charge in [0, 0.05) is 40.8 Å². The summed E-state index contributed by atoms with van der Waals surface area (Å²) >= 11 is 0. The standard InChI is InChI=1S/C39H37F6N3O4/c1-6-9-24-17-29(41)36(37(42)35(24)34-22(4)15-26(40)16-23(34)5)30(19-33(50)51)47-38(52)31(14-21(2)3)48-20-25(11-12-27-10-7-8-13-46-27)28(18-32(48)49)39(43,44)45/h7-8,10,13,15-18,20-21,30-31H,11-12,14,19H2,1-5H3,(H,47,52)(H,50,51). The number of benzene rings is 2. The molecule has 0 saturated heterocycles. The van der Waals surface area contributed by atoms with Crippen LogP contribution in [0.5, 0.6) is 0 Å². The third kappa shape index (κ3) is 9.09. The second kappa shape index (κ2) is 16.3. The van der Waals surface area contributed by atoms with Crippen molar-refractivity contribution in [1.29, 1.82) is 0 Å². The van der Waals surface area contributed by atoms with Gasteiger partial charge in [0.1, 0.15) is 23.5 Å². The third-order valence-electron chi connectivity index (χ3n) is 8.48. The maximum absolute atomic E-state index is 16.7. The van der Waals surface area contributed by atoms with E-state index in [1.165, 1.54) is 27.0 Å². The zero-order chi connectivity index (χ0) is 38.5. The molecule has 0 radical (unpaired) electrons. The molecule has 274 valence electrons. The molecule has 2 N–H and O–H groups in total. The van der Waals surface area contributed by atoms with Gasteiger partial charge in [-0.25, -0.2) is 13.2 Å². The Hall–Kier alpha value is -5.38. The molecule has 13 heteroatoms. The van der Waals surface area contributed by atoms with E-state index in [4.69, 9.17) is 0 Å². The minimum atomic E-state index is -4.90. The minimum absolute atomic E-state index is 0.0795. The van der Waals surface area contributed by atoms with E-state index in [0.29, 0.717) is 11.8 Å². The molecule has 2 unspecified atom stereocenters. The van der Waals surface area contributed by atoms with Gasteiger partial charge in [-0.05, 0) is 98.5 Å². The Labute approximate surface area is 296 Å². The number of aryl methyl sites for hydroxylation is 4. The first-order valence-corrected chi connectivity index (χ1v) is 16.4. The highest BCUT2D eigenvalue weighted by Gasteiger charge is 2.36. The normalized spacial score (nSPS) is 12.6. The van der Waals surface area contributed by atoms with Crippen molar-refractivity contribution in [2.45, 2.75) is 78.6 Å². The van der Waals surface area contributed by atoms with Crippen LogP contribution in [0.1, 0.15) is 84.8 Å². The molecule has 0 saturated carbocycles. The van der Waals surface area contributed by atoms with E-state index >= 15 is 8.78 Å². The number of hydrogen-bond donors (Lipinski definition) is 2. The Morgan fingerprint density at radius 1 is 1.00 bits per heavy atom. The summed E-state index contributed by atoms with van der Waals surface area (Å²) in [5, 5.41) is 12.2. The van der Waals surface area contributed by atoms with Gasteiger partial charge in [-0.1, -0.05) is 25.8 Å². The fraction of sp³-hybridized carbons (Fsp3) is 0.333. The number of aromatic nitrogens is 2. The SMILES string of the molecule is CC#Cc1cc(F)c(C(CC(=O)O)NC(=O)C(CC(C)C)n2cc(CCc3ccccn3)c(C(F)(F)F)cc2=O)c(F)c1-c1c(C)cc(F)cc1C. The van der Waals surface area contributed by atoms with E-state index in [-0.39, 0.29) is 58.6 Å². The summed E-state index contributed by atoms with van der Waals surface area (Å²) in [6.45, 7) is 7.84. The molecule has 2 atom stereocenters. The topological polar surface area (TPSA) is 101 Å². The lowest BCUT2D eigenvalue weighted by molar-refractivity contribution is -0.139. The van der Waals surface area contributed by atoms with Crippen LogP contribution in [0.2, 0.25) is 0 Å². The number of hydrogen-bond acceptors (Lipinski definition) is 4. The minimum Gasteiger partial charge on any atom is -0.481 e. The molecule has 2 aromatic carbocycles. The maximum Gasteiger partial charge on any atom is 0.416 e. The van der Waals surface area contributed by atoms with Crippen LogP contribution in [0.25, 0.3) is 11.1 Å². The summed E-state index contributed by atoms with van der Waals surface area (Å²) in [5.74, 6) is -0.782. The van der Waals surface area contributed by atoms with E-state index in [1.807, 2.05) is 0 Å². The van der Waals surface area contributed by atoms with Crippen LogP contribution in [-0.2, 0) is 28.6 Å². The van der Waals surface area contributed by atoms with Crippen LogP contribution in [-0.4, -0.2) is 26.5 Å². The molecular weight excluding hydrogens is 688 g/mol. The van der Waals surface area contributed by atoms with Crippen molar-refractivity contribution in [2.24, 2.45) is 5.92 Å². The van der Waals surface area contributed by atoms with Crippen molar-refractivity contribution in [3.8, 4) is 23.0 Å². The number of nitrogens with zero attached hydrogens (tertiary/aromatic N) is 2. The lowest BCUT2D eigenvalue weighted by Gasteiger charge is -2.27. The number of rotatable bonds is 12. The Kier molecular flexibility index (Phi) is 12.4. The van der Waals surface area contributed by atoms with E-state index < -0.39 is 70.7 Å². The number of halogens is 6. The molecule has 0 bridgehead atoms. The lowest BCUT2D eigenvalue weighted by Crippen LogP contribution is -2.41. The molecule has 0 fully saturated rings. The summed E-state index contributed by atoms with van der Waals surface area (Å²) in [6.07, 6.45) is -3.70. The number of amides is 1. The zero-order valence-electron chi connectivity index (χ0n) is 29.1. The van der Waals surface area contributed by atoms with Gasteiger partial charge in [-0.2, -0.15) is 13.2 Å². The first kappa shape index (κ1) is 39.4. The number of carbonyl (C=O) groups is 2. The fourth-order valence-electron chi connectivity index (χ4n) is 6.30. The van der Waals surface area contributed by atoms with Crippen LogP contribution < -0.4 is 10.9 Å². The highest BCUT2D eigenvalue weighted by Crippen LogP contribution is 2.38. The number of nitrogens with one attached hydrogen (secondary N) is 1. The van der Waals surface area contributed by atoms with Crippen LogP contribution in [0.3, 0.4) is 0 Å². The van der Waals surface area contributed by atoms with Gasteiger partial charge in [-0.3, -0.25) is 19.4 Å². The lowest BCUT2D eigenvalue weighted by atomic mass is 9.88.